The van der Waals surface area contributed by atoms with Crippen molar-refractivity contribution in [2.75, 3.05) is 20.3 Å². The van der Waals surface area contributed by atoms with Crippen LogP contribution in [0.3, 0.4) is 0 Å². The van der Waals surface area contributed by atoms with Crippen molar-refractivity contribution < 1.29 is 124 Å². The molecule has 25 atom stereocenters. The SMILES string of the molecule is COC(=O)[C@H]1OC(O)[C@H](O[C@@H]2O[C@H](CO)[C@@H](O)[C@H](O)[C@H]2O)[C@@H](O)[C@@H]1O[C@@H]1O[C@H](CO)[C@H](O)[C@H](O)[C@H]1O[C@@H]1O[C@@H](C)[C@H](O)[C@@H](O)[C@H]1O[C@@H]1O[C@@H](C)[C@H](O)[C@@H](O)[C@H]1O. The van der Waals surface area contributed by atoms with Crippen molar-refractivity contribution in [1.82, 2.24) is 0 Å². The van der Waals surface area contributed by atoms with Crippen LogP contribution in [0.2, 0.25) is 0 Å². The summed E-state index contributed by atoms with van der Waals surface area (Å²) < 4.78 is 55.3. The standard InChI is InChI=1S/C31H52O25/c1-6-10(34)14(38)18(42)28(48-6)55-23-16(40)11(35)7(2)49-30(23)56-24-17(41)13(37)9(5-33)51-31(24)53-21-20(44)22(27(46)52-25(21)26(45)47-3)54-29-19(43)15(39)12(36)8(4-32)50-29/h6-25,27-44,46H,4-5H2,1-3H3/t6-,7-,8+,9+,10-,11-,12+,13-,14+,15-,16+,17-,18+,19+,20-,21-,22+,23+,24+,25-,27?,28-,29-,30-,31-/m0/s1. The minimum absolute atomic E-state index is 0.863. The number of aliphatic hydroxyl groups excluding tert-OH is 14. The van der Waals surface area contributed by atoms with E-state index < -0.39 is 173 Å². The van der Waals surface area contributed by atoms with Gasteiger partial charge in [-0.1, -0.05) is 0 Å². The lowest BCUT2D eigenvalue weighted by atomic mass is 9.95. The first-order valence-corrected chi connectivity index (χ1v) is 17.7. The molecule has 5 rings (SSSR count). The molecule has 0 bridgehead atoms. The summed E-state index contributed by atoms with van der Waals surface area (Å²) in [5, 5.41) is 147. The molecule has 0 aromatic heterocycles. The molecule has 56 heavy (non-hydrogen) atoms. The van der Waals surface area contributed by atoms with Crippen LogP contribution in [-0.2, 0) is 52.2 Å². The Balaban J connectivity index is 1.43. The smallest absolute Gasteiger partial charge is 0.337 e. The zero-order valence-corrected chi connectivity index (χ0v) is 30.1. The highest BCUT2D eigenvalue weighted by Crippen LogP contribution is 2.36. The molecule has 25 heteroatoms. The van der Waals surface area contributed by atoms with Crippen molar-refractivity contribution in [1.29, 1.82) is 0 Å². The predicted molar refractivity (Wildman–Crippen MR) is 169 cm³/mol. The molecule has 0 saturated carbocycles. The van der Waals surface area contributed by atoms with Gasteiger partial charge in [0.1, 0.15) is 104 Å². The van der Waals surface area contributed by atoms with Crippen LogP contribution in [0.4, 0.5) is 0 Å². The molecular weight excluding hydrogens is 772 g/mol. The maximum Gasteiger partial charge on any atom is 0.337 e. The van der Waals surface area contributed by atoms with Crippen LogP contribution in [0.1, 0.15) is 13.8 Å². The highest BCUT2D eigenvalue weighted by Gasteiger charge is 2.57. The van der Waals surface area contributed by atoms with Gasteiger partial charge in [-0.25, -0.2) is 4.79 Å². The van der Waals surface area contributed by atoms with Crippen LogP contribution < -0.4 is 0 Å². The second-order valence-electron chi connectivity index (χ2n) is 14.1. The number of carbonyl (C=O) groups excluding carboxylic acids is 1. The number of carbonyl (C=O) groups is 1. The van der Waals surface area contributed by atoms with Gasteiger partial charge in [0.2, 0.25) is 0 Å². The molecule has 14 N–H and O–H groups in total. The van der Waals surface area contributed by atoms with Crippen molar-refractivity contribution in [3.63, 3.8) is 0 Å². The molecule has 0 aromatic rings. The van der Waals surface area contributed by atoms with Crippen LogP contribution in [0.5, 0.6) is 0 Å². The molecule has 0 aliphatic carbocycles. The summed E-state index contributed by atoms with van der Waals surface area (Å²) in [6.45, 7) is 0.838. The van der Waals surface area contributed by atoms with Gasteiger partial charge in [0, 0.05) is 0 Å². The van der Waals surface area contributed by atoms with Crippen LogP contribution in [0.25, 0.3) is 0 Å². The molecule has 5 fully saturated rings. The number of hydrogen-bond donors (Lipinski definition) is 14. The van der Waals surface area contributed by atoms with Gasteiger partial charge in [-0.3, -0.25) is 0 Å². The molecule has 5 aliphatic rings. The van der Waals surface area contributed by atoms with Gasteiger partial charge in [-0.2, -0.15) is 0 Å². The van der Waals surface area contributed by atoms with E-state index in [0.717, 1.165) is 7.11 Å². The Kier molecular flexibility index (Phi) is 15.4. The Hall–Kier alpha value is -1.45. The van der Waals surface area contributed by atoms with Crippen LogP contribution in [0, 0.1) is 0 Å². The number of hydrogen-bond acceptors (Lipinski definition) is 25. The molecule has 326 valence electrons. The van der Waals surface area contributed by atoms with Crippen molar-refractivity contribution in [3.05, 3.63) is 0 Å². The summed E-state index contributed by atoms with van der Waals surface area (Å²) in [5.41, 5.74) is 0. The van der Waals surface area contributed by atoms with Gasteiger partial charge in [-0.05, 0) is 13.8 Å². The lowest BCUT2D eigenvalue weighted by Crippen LogP contribution is -2.68. The van der Waals surface area contributed by atoms with E-state index in [1.165, 1.54) is 13.8 Å². The van der Waals surface area contributed by atoms with E-state index in [0.29, 0.717) is 0 Å². The summed E-state index contributed by atoms with van der Waals surface area (Å²) in [6.07, 6.45) is -46.1. The lowest BCUT2D eigenvalue weighted by Gasteiger charge is -2.49. The van der Waals surface area contributed by atoms with Crippen molar-refractivity contribution in [2.45, 2.75) is 167 Å². The van der Waals surface area contributed by atoms with E-state index in [4.69, 9.17) is 47.4 Å². The molecule has 0 aromatic carbocycles. The Morgan fingerprint density at radius 2 is 0.839 bits per heavy atom. The Labute approximate surface area is 317 Å². The van der Waals surface area contributed by atoms with Gasteiger partial charge >= 0.3 is 5.97 Å². The summed E-state index contributed by atoms with van der Waals surface area (Å²) in [7, 11) is 0.915. The number of ether oxygens (including phenoxy) is 10. The van der Waals surface area contributed by atoms with E-state index in [1.54, 1.807) is 0 Å². The maximum absolute atomic E-state index is 12.9. The largest absolute Gasteiger partial charge is 0.467 e. The van der Waals surface area contributed by atoms with Crippen molar-refractivity contribution >= 4 is 5.97 Å². The molecule has 0 radical (unpaired) electrons. The fourth-order valence-electron chi connectivity index (χ4n) is 6.94. The second-order valence-corrected chi connectivity index (χ2v) is 14.1. The molecule has 5 aliphatic heterocycles. The summed E-state index contributed by atoms with van der Waals surface area (Å²) >= 11 is 0. The molecule has 1 unspecified atom stereocenters. The van der Waals surface area contributed by atoms with E-state index in [1.807, 2.05) is 0 Å². The third-order valence-electron chi connectivity index (χ3n) is 10.4. The first-order valence-electron chi connectivity index (χ1n) is 17.7. The second kappa shape index (κ2) is 18.9. The van der Waals surface area contributed by atoms with Gasteiger partial charge < -0.3 is 119 Å². The van der Waals surface area contributed by atoms with Gasteiger partial charge in [-0.15, -0.1) is 0 Å². The molecule has 5 saturated heterocycles. The first kappa shape index (κ1) is 45.6. The van der Waals surface area contributed by atoms with Crippen molar-refractivity contribution in [3.8, 4) is 0 Å². The van der Waals surface area contributed by atoms with Crippen molar-refractivity contribution in [2.24, 2.45) is 0 Å². The molecular formula is C31H52O25. The van der Waals surface area contributed by atoms with E-state index in [-0.39, 0.29) is 0 Å². The minimum atomic E-state index is -2.22. The average Bonchev–Trinajstić information content (AvgIpc) is 3.17. The molecule has 0 spiro atoms. The average molecular weight is 825 g/mol. The fourth-order valence-corrected chi connectivity index (χ4v) is 6.94. The third kappa shape index (κ3) is 9.00. The summed E-state index contributed by atoms with van der Waals surface area (Å²) in [4.78, 5) is 12.9. The van der Waals surface area contributed by atoms with Gasteiger partial charge in [0.15, 0.2) is 37.6 Å². The van der Waals surface area contributed by atoms with Crippen LogP contribution in [-0.4, -0.2) is 251 Å². The van der Waals surface area contributed by atoms with Gasteiger partial charge in [0.05, 0.1) is 32.5 Å². The van der Waals surface area contributed by atoms with Crippen LogP contribution in [0.15, 0.2) is 0 Å². The zero-order chi connectivity index (χ0) is 41.5. The highest BCUT2D eigenvalue weighted by molar-refractivity contribution is 5.75. The normalized spacial score (nSPS) is 53.1. The van der Waals surface area contributed by atoms with Gasteiger partial charge in [0.25, 0.3) is 0 Å². The molecule has 0 amide bonds. The topological polar surface area (TPSA) is 393 Å². The zero-order valence-electron chi connectivity index (χ0n) is 30.1. The highest BCUT2D eigenvalue weighted by atomic mass is 16.8. The number of esters is 1. The van der Waals surface area contributed by atoms with E-state index in [9.17, 15) is 76.3 Å². The Morgan fingerprint density at radius 3 is 1.39 bits per heavy atom. The third-order valence-corrected chi connectivity index (χ3v) is 10.4. The Bertz CT molecular complexity index is 1270. The summed E-state index contributed by atoms with van der Waals surface area (Å²) in [5.74, 6) is -1.26. The first-order chi connectivity index (χ1) is 26.4. The number of rotatable bonds is 11. The minimum Gasteiger partial charge on any atom is -0.467 e. The van der Waals surface area contributed by atoms with E-state index in [2.05, 4.69) is 0 Å². The maximum atomic E-state index is 12.9. The number of aliphatic hydroxyl groups is 14. The predicted octanol–water partition coefficient (Wildman–Crippen LogP) is -9.69. The Morgan fingerprint density at radius 1 is 0.446 bits per heavy atom. The van der Waals surface area contributed by atoms with E-state index >= 15 is 0 Å². The fraction of sp³-hybridized carbons (Fsp3) is 0.968. The number of methoxy groups -OCH3 is 1. The quantitative estimate of drug-likeness (QED) is 0.0860. The monoisotopic (exact) mass is 824 g/mol. The molecule has 25 nitrogen and oxygen atoms in total. The molecule has 5 heterocycles. The lowest BCUT2D eigenvalue weighted by molar-refractivity contribution is -0.403. The van der Waals surface area contributed by atoms with Crippen LogP contribution >= 0.6 is 0 Å². The summed E-state index contributed by atoms with van der Waals surface area (Å²) in [6, 6.07) is 0.